The van der Waals surface area contributed by atoms with Crippen LogP contribution in [0.25, 0.3) is 11.0 Å². The van der Waals surface area contributed by atoms with Gasteiger partial charge in [-0.2, -0.15) is 17.6 Å². The van der Waals surface area contributed by atoms with E-state index in [2.05, 4.69) is 25.3 Å². The Hall–Kier alpha value is -4.10. The normalized spacial score (nSPS) is 11.7. The Morgan fingerprint density at radius 3 is 2.52 bits per heavy atom. The third-order valence-electron chi connectivity index (χ3n) is 5.80. The van der Waals surface area contributed by atoms with E-state index in [0.717, 1.165) is 17.6 Å². The number of carbonyl (C=O) groups excluding carboxylic acids is 1. The number of hydrogen-bond acceptors (Lipinski definition) is 7. The predicted octanol–water partition coefficient (Wildman–Crippen LogP) is 6.21. The van der Waals surface area contributed by atoms with Crippen molar-refractivity contribution in [3.8, 4) is 17.2 Å². The van der Waals surface area contributed by atoms with Crippen LogP contribution in [-0.2, 0) is 11.3 Å². The zero-order valence-electron chi connectivity index (χ0n) is 22.9. The largest absolute Gasteiger partial charge is 0.461 e. The van der Waals surface area contributed by atoms with Gasteiger partial charge in [0, 0.05) is 31.0 Å². The molecule has 0 spiro atoms. The SMILES string of the molecule is Cc1cc(Nc2ncnc3ccn(CCNC(=O)CC(C)(C)O)c23)ccc1Oc1cccc(OC(F)(F)C(F)F)c1.Cl. The molecule has 4 rings (SSSR count). The number of nitrogens with zero attached hydrogens (tertiary/aromatic N) is 3. The minimum atomic E-state index is -4.63. The van der Waals surface area contributed by atoms with E-state index in [1.54, 1.807) is 39.0 Å². The molecule has 2 aromatic heterocycles. The molecule has 0 saturated carbocycles. The number of hydrogen-bond donors (Lipinski definition) is 3. The second-order valence-corrected chi connectivity index (χ2v) is 9.95. The van der Waals surface area contributed by atoms with Gasteiger partial charge in [-0.1, -0.05) is 6.07 Å². The number of alkyl halides is 4. The first-order valence-electron chi connectivity index (χ1n) is 12.6. The quantitative estimate of drug-likeness (QED) is 0.163. The van der Waals surface area contributed by atoms with Crippen LogP contribution >= 0.6 is 12.4 Å². The molecule has 42 heavy (non-hydrogen) atoms. The summed E-state index contributed by atoms with van der Waals surface area (Å²) in [5.41, 5.74) is 1.69. The summed E-state index contributed by atoms with van der Waals surface area (Å²) in [5, 5.41) is 15.9. The zero-order valence-corrected chi connectivity index (χ0v) is 23.7. The molecule has 0 atom stereocenters. The summed E-state index contributed by atoms with van der Waals surface area (Å²) in [7, 11) is 0. The highest BCUT2D eigenvalue weighted by molar-refractivity contribution is 5.88. The third kappa shape index (κ3) is 8.46. The van der Waals surface area contributed by atoms with Crippen molar-refractivity contribution in [2.24, 2.45) is 0 Å². The van der Waals surface area contributed by atoms with Crippen molar-refractivity contribution in [2.75, 3.05) is 11.9 Å². The molecule has 3 N–H and O–H groups in total. The molecule has 4 aromatic rings. The number of anilines is 2. The molecule has 0 saturated heterocycles. The second kappa shape index (κ2) is 13.3. The lowest BCUT2D eigenvalue weighted by Crippen LogP contribution is -2.33. The fourth-order valence-corrected chi connectivity index (χ4v) is 3.99. The zero-order chi connectivity index (χ0) is 29.8. The average Bonchev–Trinajstić information content (AvgIpc) is 3.28. The Morgan fingerprint density at radius 1 is 1.10 bits per heavy atom. The van der Waals surface area contributed by atoms with Gasteiger partial charge in [-0.15, -0.1) is 12.4 Å². The standard InChI is InChI=1S/C28H29F4N5O4.ClH/c1-17-13-18(7-8-22(17)40-19-5-4-6-20(14-19)41-28(31,32)26(29)30)36-25-24-21(34-16-35-25)9-11-37(24)12-10-33-23(38)15-27(2,3)39;/h4-9,11,13-14,16,26,39H,10,12,15H2,1-3H3,(H,33,38)(H,34,35,36);1H. The number of nitrogens with one attached hydrogen (secondary N) is 2. The average molecular weight is 612 g/mol. The van der Waals surface area contributed by atoms with Gasteiger partial charge in [-0.05, 0) is 62.7 Å². The molecule has 0 bridgehead atoms. The minimum Gasteiger partial charge on any atom is -0.457 e. The van der Waals surface area contributed by atoms with Crippen molar-refractivity contribution in [1.82, 2.24) is 19.9 Å². The highest BCUT2D eigenvalue weighted by Gasteiger charge is 2.44. The Bertz CT molecular complexity index is 1530. The van der Waals surface area contributed by atoms with E-state index in [9.17, 15) is 27.5 Å². The van der Waals surface area contributed by atoms with Gasteiger partial charge >= 0.3 is 12.5 Å². The Labute approximate surface area is 245 Å². The number of amides is 1. The van der Waals surface area contributed by atoms with Crippen molar-refractivity contribution in [1.29, 1.82) is 0 Å². The molecule has 0 radical (unpaired) electrons. The topological polar surface area (TPSA) is 111 Å². The van der Waals surface area contributed by atoms with Gasteiger partial charge < -0.3 is 29.8 Å². The fraction of sp³-hybridized carbons (Fsp3) is 0.321. The molecule has 0 aliphatic carbocycles. The van der Waals surface area contributed by atoms with Crippen molar-refractivity contribution < 1.29 is 36.9 Å². The maximum absolute atomic E-state index is 13.3. The molecule has 2 aromatic carbocycles. The van der Waals surface area contributed by atoms with E-state index in [4.69, 9.17) is 4.74 Å². The molecule has 0 aliphatic rings. The number of aryl methyl sites for hydroxylation is 1. The van der Waals surface area contributed by atoms with Gasteiger partial charge in [0.15, 0.2) is 5.82 Å². The van der Waals surface area contributed by atoms with Crippen LogP contribution in [0.3, 0.4) is 0 Å². The van der Waals surface area contributed by atoms with Gasteiger partial charge in [-0.3, -0.25) is 4.79 Å². The number of rotatable bonds is 12. The summed E-state index contributed by atoms with van der Waals surface area (Å²) in [6, 6.07) is 12.1. The number of halogens is 5. The van der Waals surface area contributed by atoms with Crippen LogP contribution in [0.4, 0.5) is 29.1 Å². The molecule has 2 heterocycles. The van der Waals surface area contributed by atoms with Crippen LogP contribution in [0.15, 0.2) is 61.1 Å². The van der Waals surface area contributed by atoms with Gasteiger partial charge in [-0.25, -0.2) is 9.97 Å². The van der Waals surface area contributed by atoms with Crippen molar-refractivity contribution >= 4 is 40.9 Å². The molecule has 9 nitrogen and oxygen atoms in total. The van der Waals surface area contributed by atoms with Crippen LogP contribution in [0.5, 0.6) is 17.2 Å². The second-order valence-electron chi connectivity index (χ2n) is 9.95. The van der Waals surface area contributed by atoms with Crippen LogP contribution in [0.1, 0.15) is 25.8 Å². The molecular weight excluding hydrogens is 582 g/mol. The molecule has 226 valence electrons. The maximum Gasteiger partial charge on any atom is 0.461 e. The Morgan fingerprint density at radius 2 is 1.83 bits per heavy atom. The number of ether oxygens (including phenoxy) is 2. The van der Waals surface area contributed by atoms with Gasteiger partial charge in [0.05, 0.1) is 17.5 Å². The highest BCUT2D eigenvalue weighted by atomic mass is 35.5. The first kappa shape index (κ1) is 32.4. The van der Waals surface area contributed by atoms with Crippen molar-refractivity contribution in [3.05, 3.63) is 66.6 Å². The van der Waals surface area contributed by atoms with E-state index < -0.39 is 23.9 Å². The summed E-state index contributed by atoms with van der Waals surface area (Å²) < 4.78 is 63.3. The third-order valence-corrected chi connectivity index (χ3v) is 5.80. The lowest BCUT2D eigenvalue weighted by molar-refractivity contribution is -0.253. The molecule has 14 heteroatoms. The fourth-order valence-electron chi connectivity index (χ4n) is 3.99. The summed E-state index contributed by atoms with van der Waals surface area (Å²) in [6.45, 7) is 5.70. The molecule has 1 amide bonds. The maximum atomic E-state index is 13.3. The summed E-state index contributed by atoms with van der Waals surface area (Å²) in [5.74, 6) is 0.344. The number of aromatic nitrogens is 3. The number of fused-ring (bicyclic) bond motifs is 1. The van der Waals surface area contributed by atoms with E-state index >= 15 is 0 Å². The van der Waals surface area contributed by atoms with Crippen molar-refractivity contribution in [3.63, 3.8) is 0 Å². The first-order valence-corrected chi connectivity index (χ1v) is 12.6. The van der Waals surface area contributed by atoms with Crippen LogP contribution < -0.4 is 20.1 Å². The van der Waals surface area contributed by atoms with Gasteiger partial charge in [0.25, 0.3) is 0 Å². The van der Waals surface area contributed by atoms with Crippen molar-refractivity contribution in [2.45, 2.75) is 51.9 Å². The summed E-state index contributed by atoms with van der Waals surface area (Å²) in [4.78, 5) is 20.7. The first-order chi connectivity index (χ1) is 19.3. The van der Waals surface area contributed by atoms with Crippen LogP contribution in [-0.4, -0.2) is 50.2 Å². The van der Waals surface area contributed by atoms with E-state index in [1.165, 1.54) is 18.5 Å². The molecule has 0 fully saturated rings. The number of benzene rings is 2. The van der Waals surface area contributed by atoms with Gasteiger partial charge in [0.1, 0.15) is 29.1 Å². The van der Waals surface area contributed by atoms with E-state index in [-0.39, 0.29) is 30.5 Å². The predicted molar refractivity (Wildman–Crippen MR) is 151 cm³/mol. The molecular formula is C28H30ClF4N5O4. The molecule has 0 unspecified atom stereocenters. The Balaban J connectivity index is 0.00000484. The van der Waals surface area contributed by atoms with Crippen LogP contribution in [0.2, 0.25) is 0 Å². The van der Waals surface area contributed by atoms with E-state index in [0.29, 0.717) is 41.4 Å². The lowest BCUT2D eigenvalue weighted by atomic mass is 10.1. The Kier molecular flexibility index (Phi) is 10.2. The van der Waals surface area contributed by atoms with E-state index in [1.807, 2.05) is 16.8 Å². The number of carbonyl (C=O) groups is 1. The monoisotopic (exact) mass is 611 g/mol. The number of aliphatic hydroxyl groups is 1. The minimum absolute atomic E-state index is 0. The lowest BCUT2D eigenvalue weighted by Gasteiger charge is -2.17. The summed E-state index contributed by atoms with van der Waals surface area (Å²) in [6.07, 6.45) is -5.35. The van der Waals surface area contributed by atoms with Gasteiger partial charge in [0.2, 0.25) is 5.91 Å². The highest BCUT2D eigenvalue weighted by Crippen LogP contribution is 2.33. The summed E-state index contributed by atoms with van der Waals surface area (Å²) >= 11 is 0. The smallest absolute Gasteiger partial charge is 0.457 e. The molecule has 0 aliphatic heterocycles. The van der Waals surface area contributed by atoms with Crippen LogP contribution in [0, 0.1) is 6.92 Å².